The van der Waals surface area contributed by atoms with Crippen LogP contribution in [0.1, 0.15) is 35.3 Å². The van der Waals surface area contributed by atoms with Crippen LogP contribution in [-0.4, -0.2) is 61.4 Å². The number of aryl methyl sites for hydroxylation is 1. The molecule has 176 valence electrons. The van der Waals surface area contributed by atoms with Gasteiger partial charge in [0, 0.05) is 44.5 Å². The number of nitrogens with one attached hydrogen (secondary N) is 1. The van der Waals surface area contributed by atoms with E-state index in [9.17, 15) is 17.6 Å². The van der Waals surface area contributed by atoms with Gasteiger partial charge < -0.3 is 4.90 Å². The van der Waals surface area contributed by atoms with Gasteiger partial charge in [-0.15, -0.1) is 0 Å². The number of hydrogen-bond acceptors (Lipinski definition) is 4. The minimum atomic E-state index is -3.59. The van der Waals surface area contributed by atoms with Gasteiger partial charge in [-0.25, -0.2) is 17.1 Å². The van der Waals surface area contributed by atoms with Crippen LogP contribution < -0.4 is 0 Å². The summed E-state index contributed by atoms with van der Waals surface area (Å²) in [6.07, 6.45) is 3.52. The number of unbranched alkanes of at least 4 members (excludes halogenated alkanes) is 2. The molecule has 33 heavy (non-hydrogen) atoms. The second-order valence-corrected chi connectivity index (χ2v) is 10.3. The summed E-state index contributed by atoms with van der Waals surface area (Å²) in [6.45, 7) is 0.577. The molecule has 1 amide bonds. The predicted molar refractivity (Wildman–Crippen MR) is 126 cm³/mol. The Bertz CT molecular complexity index is 1190. The van der Waals surface area contributed by atoms with Gasteiger partial charge in [-0.05, 0) is 67.8 Å². The molecule has 0 aliphatic heterocycles. The first-order valence-corrected chi connectivity index (χ1v) is 12.2. The molecule has 0 unspecified atom stereocenters. The van der Waals surface area contributed by atoms with Crippen LogP contribution in [0, 0.1) is 5.82 Å². The van der Waals surface area contributed by atoms with Crippen molar-refractivity contribution in [1.29, 1.82) is 0 Å². The lowest BCUT2D eigenvalue weighted by atomic mass is 10.1. The van der Waals surface area contributed by atoms with Crippen LogP contribution >= 0.6 is 0 Å². The number of rotatable bonds is 10. The van der Waals surface area contributed by atoms with Crippen LogP contribution in [0.2, 0.25) is 0 Å². The van der Waals surface area contributed by atoms with Crippen LogP contribution in [0.5, 0.6) is 0 Å². The number of carbonyl (C=O) groups is 1. The summed E-state index contributed by atoms with van der Waals surface area (Å²) in [4.78, 5) is 14.4. The van der Waals surface area contributed by atoms with E-state index in [1.165, 1.54) is 38.4 Å². The van der Waals surface area contributed by atoms with E-state index in [1.807, 2.05) is 6.07 Å². The second kappa shape index (κ2) is 10.7. The topological polar surface area (TPSA) is 86.4 Å². The molecular formula is C24H29FN4O3S. The van der Waals surface area contributed by atoms with Crippen molar-refractivity contribution in [1.82, 2.24) is 19.4 Å². The van der Waals surface area contributed by atoms with Crippen molar-refractivity contribution in [2.24, 2.45) is 0 Å². The number of H-pyrrole nitrogens is 1. The number of amides is 1. The van der Waals surface area contributed by atoms with Crippen molar-refractivity contribution in [3.05, 3.63) is 71.7 Å². The average Bonchev–Trinajstić information content (AvgIpc) is 3.27. The van der Waals surface area contributed by atoms with Gasteiger partial charge in [0.2, 0.25) is 10.0 Å². The van der Waals surface area contributed by atoms with E-state index in [0.717, 1.165) is 46.9 Å². The molecule has 1 N–H and O–H groups in total. The summed E-state index contributed by atoms with van der Waals surface area (Å²) in [5.41, 5.74) is 3.01. The van der Waals surface area contributed by atoms with Crippen molar-refractivity contribution in [2.75, 3.05) is 27.7 Å². The fraction of sp³-hybridized carbons (Fsp3) is 0.333. The Hall–Kier alpha value is -3.04. The van der Waals surface area contributed by atoms with E-state index in [4.69, 9.17) is 0 Å². The molecule has 0 spiro atoms. The van der Waals surface area contributed by atoms with Crippen molar-refractivity contribution < 1.29 is 17.6 Å². The molecule has 0 aliphatic carbocycles. The maximum absolute atomic E-state index is 13.1. The highest BCUT2D eigenvalue weighted by Crippen LogP contribution is 2.19. The second-order valence-electron chi connectivity index (χ2n) is 8.14. The van der Waals surface area contributed by atoms with Gasteiger partial charge in [0.15, 0.2) is 0 Å². The van der Waals surface area contributed by atoms with Gasteiger partial charge in [-0.2, -0.15) is 5.10 Å². The van der Waals surface area contributed by atoms with E-state index in [0.29, 0.717) is 12.1 Å². The maximum Gasteiger partial charge on any atom is 0.253 e. The zero-order valence-corrected chi connectivity index (χ0v) is 19.9. The molecule has 9 heteroatoms. The summed E-state index contributed by atoms with van der Waals surface area (Å²) in [5, 5.41) is 7.31. The first kappa shape index (κ1) is 24.6. The monoisotopic (exact) mass is 472 g/mol. The van der Waals surface area contributed by atoms with Gasteiger partial charge >= 0.3 is 0 Å². The normalized spacial score (nSPS) is 11.7. The molecular weight excluding hydrogens is 443 g/mol. The predicted octanol–water partition coefficient (Wildman–Crippen LogP) is 3.95. The molecule has 1 aromatic heterocycles. The van der Waals surface area contributed by atoms with E-state index in [1.54, 1.807) is 36.2 Å². The molecule has 3 aromatic rings. The molecule has 0 saturated heterocycles. The largest absolute Gasteiger partial charge is 0.342 e. The SMILES string of the molecule is CN(CCCCCc1cc(-c2ccc(F)cc2)n[nH]1)C(=O)c1cccc(S(=O)(=O)N(C)C)c1. The summed E-state index contributed by atoms with van der Waals surface area (Å²) in [7, 11) is 1.05. The molecule has 7 nitrogen and oxygen atoms in total. The van der Waals surface area contributed by atoms with Crippen LogP contribution in [0.3, 0.4) is 0 Å². The lowest BCUT2D eigenvalue weighted by Gasteiger charge is -2.18. The maximum atomic E-state index is 13.1. The van der Waals surface area contributed by atoms with E-state index < -0.39 is 10.0 Å². The number of halogens is 1. The van der Waals surface area contributed by atoms with Gasteiger partial charge in [-0.3, -0.25) is 9.89 Å². The number of hydrogen-bond donors (Lipinski definition) is 1. The zero-order chi connectivity index (χ0) is 24.0. The molecule has 0 bridgehead atoms. The molecule has 0 radical (unpaired) electrons. The van der Waals surface area contributed by atoms with Crippen molar-refractivity contribution in [3.63, 3.8) is 0 Å². The highest BCUT2D eigenvalue weighted by molar-refractivity contribution is 7.89. The van der Waals surface area contributed by atoms with Gasteiger partial charge in [-0.1, -0.05) is 12.5 Å². The third-order valence-electron chi connectivity index (χ3n) is 5.42. The Morgan fingerprint density at radius 3 is 2.42 bits per heavy atom. The van der Waals surface area contributed by atoms with Gasteiger partial charge in [0.1, 0.15) is 5.82 Å². The molecule has 0 atom stereocenters. The minimum absolute atomic E-state index is 0.103. The van der Waals surface area contributed by atoms with Crippen molar-refractivity contribution in [2.45, 2.75) is 30.6 Å². The first-order valence-electron chi connectivity index (χ1n) is 10.8. The third kappa shape index (κ3) is 6.27. The van der Waals surface area contributed by atoms with Crippen LogP contribution in [0.25, 0.3) is 11.3 Å². The van der Waals surface area contributed by atoms with Gasteiger partial charge in [0.25, 0.3) is 5.91 Å². The van der Waals surface area contributed by atoms with Crippen LogP contribution in [0.4, 0.5) is 4.39 Å². The number of aromatic amines is 1. The summed E-state index contributed by atoms with van der Waals surface area (Å²) in [5.74, 6) is -0.479. The van der Waals surface area contributed by atoms with E-state index in [-0.39, 0.29) is 16.6 Å². The third-order valence-corrected chi connectivity index (χ3v) is 7.23. The van der Waals surface area contributed by atoms with Crippen LogP contribution in [0.15, 0.2) is 59.5 Å². The molecule has 0 fully saturated rings. The van der Waals surface area contributed by atoms with E-state index in [2.05, 4.69) is 10.2 Å². The Balaban J connectivity index is 1.46. The summed E-state index contributed by atoms with van der Waals surface area (Å²) in [6, 6.07) is 14.3. The number of aromatic nitrogens is 2. The Morgan fingerprint density at radius 1 is 1.00 bits per heavy atom. The first-order chi connectivity index (χ1) is 15.7. The lowest BCUT2D eigenvalue weighted by molar-refractivity contribution is 0.0792. The number of nitrogens with zero attached hydrogens (tertiary/aromatic N) is 3. The summed E-state index contributed by atoms with van der Waals surface area (Å²) >= 11 is 0. The molecule has 2 aromatic carbocycles. The standard InChI is InChI=1S/C24H29FN4O3S/c1-28(2)33(31,32)22-10-7-8-19(16-22)24(30)29(3)15-6-4-5-9-21-17-23(27-26-21)18-11-13-20(25)14-12-18/h7-8,10-14,16-17H,4-6,9,15H2,1-3H3,(H,26,27). The molecule has 1 heterocycles. The fourth-order valence-corrected chi connectivity index (χ4v) is 4.37. The van der Waals surface area contributed by atoms with Gasteiger partial charge in [0.05, 0.1) is 10.6 Å². The molecule has 3 rings (SSSR count). The van der Waals surface area contributed by atoms with Crippen LogP contribution in [-0.2, 0) is 16.4 Å². The van der Waals surface area contributed by atoms with Crippen molar-refractivity contribution in [3.8, 4) is 11.3 Å². The Labute approximate surface area is 194 Å². The smallest absolute Gasteiger partial charge is 0.253 e. The minimum Gasteiger partial charge on any atom is -0.342 e. The average molecular weight is 473 g/mol. The highest BCUT2D eigenvalue weighted by Gasteiger charge is 2.20. The number of sulfonamides is 1. The molecule has 0 aliphatic rings. The quantitative estimate of drug-likeness (QED) is 0.453. The Kier molecular flexibility index (Phi) is 7.99. The fourth-order valence-electron chi connectivity index (χ4n) is 3.42. The summed E-state index contributed by atoms with van der Waals surface area (Å²) < 4.78 is 38.8. The van der Waals surface area contributed by atoms with Crippen molar-refractivity contribution >= 4 is 15.9 Å². The Morgan fingerprint density at radius 2 is 1.73 bits per heavy atom. The number of benzene rings is 2. The molecule has 0 saturated carbocycles. The van der Waals surface area contributed by atoms with E-state index >= 15 is 0 Å². The zero-order valence-electron chi connectivity index (χ0n) is 19.1. The lowest BCUT2D eigenvalue weighted by Crippen LogP contribution is -2.28. The number of carbonyl (C=O) groups excluding carboxylic acids is 1. The highest BCUT2D eigenvalue weighted by atomic mass is 32.2.